The van der Waals surface area contributed by atoms with Crippen molar-refractivity contribution in [2.45, 2.75) is 39.5 Å². The van der Waals surface area contributed by atoms with Gasteiger partial charge in [0.2, 0.25) is 23.6 Å². The zero-order valence-electron chi connectivity index (χ0n) is 30.9. The molecule has 1 N–H and O–H groups in total. The molecule has 0 bridgehead atoms. The first-order valence-electron chi connectivity index (χ1n) is 18.2. The van der Waals surface area contributed by atoms with Gasteiger partial charge in [-0.15, -0.1) is 11.3 Å². The number of methoxy groups -OCH3 is 1. The lowest BCUT2D eigenvalue weighted by Crippen LogP contribution is -2.49. The number of anilines is 2. The minimum atomic E-state index is -1.30. The molecule has 2 saturated heterocycles. The van der Waals surface area contributed by atoms with Crippen LogP contribution in [0.3, 0.4) is 0 Å². The molecule has 2 aliphatic carbocycles. The average molecular weight is 922 g/mol. The Morgan fingerprint density at radius 1 is 0.964 bits per heavy atom. The van der Waals surface area contributed by atoms with Gasteiger partial charge in [-0.05, 0) is 127 Å². The number of amides is 4. The van der Waals surface area contributed by atoms with Crippen molar-refractivity contribution in [3.8, 4) is 22.1 Å². The van der Waals surface area contributed by atoms with Crippen molar-refractivity contribution >= 4 is 102 Å². The fourth-order valence-corrected chi connectivity index (χ4v) is 11.8. The van der Waals surface area contributed by atoms with Gasteiger partial charge in [0.05, 0.1) is 44.4 Å². The van der Waals surface area contributed by atoms with Crippen molar-refractivity contribution in [1.29, 1.82) is 0 Å². The SMILES string of the molecule is COc1cc(C2C3=CCC4C(=O)N(c5ccc(C)c(Cl)c5)C(=O)C4C3CC3C(=O)N(c4cc(-c5sc6ccc(Cl)cc6c5C)nn4C)C(=O)C32C)cc(I)c1O. The van der Waals surface area contributed by atoms with Crippen LogP contribution in [0, 0.1) is 46.5 Å². The molecule has 56 heavy (non-hydrogen) atoms. The van der Waals surface area contributed by atoms with E-state index in [4.69, 9.17) is 33.0 Å². The van der Waals surface area contributed by atoms with Gasteiger partial charge in [-0.1, -0.05) is 40.9 Å². The molecule has 9 rings (SSSR count). The monoisotopic (exact) mass is 920 g/mol. The van der Waals surface area contributed by atoms with E-state index in [1.807, 2.05) is 73.7 Å². The number of aromatic hydroxyl groups is 1. The number of halogens is 3. The quantitative estimate of drug-likeness (QED) is 0.106. The smallest absolute Gasteiger partial charge is 0.242 e. The van der Waals surface area contributed by atoms with Crippen LogP contribution in [0.1, 0.15) is 42.4 Å². The number of phenols is 1. The molecule has 4 amide bonds. The Morgan fingerprint density at radius 3 is 2.46 bits per heavy atom. The Bertz CT molecular complexity index is 2640. The summed E-state index contributed by atoms with van der Waals surface area (Å²) in [5, 5.41) is 17.8. The van der Waals surface area contributed by atoms with Gasteiger partial charge in [0.1, 0.15) is 11.5 Å². The van der Waals surface area contributed by atoms with E-state index in [-0.39, 0.29) is 42.1 Å². The van der Waals surface area contributed by atoms with Crippen molar-refractivity contribution in [1.82, 2.24) is 9.78 Å². The number of allylic oxidation sites excluding steroid dienone is 2. The van der Waals surface area contributed by atoms with Crippen LogP contribution in [0.5, 0.6) is 11.5 Å². The van der Waals surface area contributed by atoms with Gasteiger partial charge in [-0.3, -0.25) is 23.9 Å². The summed E-state index contributed by atoms with van der Waals surface area (Å²) in [5.74, 6) is -4.37. The van der Waals surface area contributed by atoms with Crippen molar-refractivity contribution in [2.75, 3.05) is 16.9 Å². The number of aryl methyl sites for hydroxylation is 3. The highest BCUT2D eigenvalue weighted by Crippen LogP contribution is 2.64. The lowest BCUT2D eigenvalue weighted by molar-refractivity contribution is -0.131. The first kappa shape index (κ1) is 37.3. The van der Waals surface area contributed by atoms with Crippen LogP contribution in [0.2, 0.25) is 10.0 Å². The Labute approximate surface area is 350 Å². The number of thiophene rings is 1. The van der Waals surface area contributed by atoms with Crippen molar-refractivity contribution in [3.63, 3.8) is 0 Å². The number of fused-ring (bicyclic) bond motifs is 5. The number of rotatable bonds is 5. The van der Waals surface area contributed by atoms with Gasteiger partial charge >= 0.3 is 0 Å². The van der Waals surface area contributed by atoms with Crippen LogP contribution in [0.4, 0.5) is 11.5 Å². The summed E-state index contributed by atoms with van der Waals surface area (Å²) >= 11 is 16.4. The van der Waals surface area contributed by atoms with Gasteiger partial charge in [0.25, 0.3) is 0 Å². The maximum Gasteiger partial charge on any atom is 0.242 e. The number of hydrogen-bond donors (Lipinski definition) is 1. The van der Waals surface area contributed by atoms with E-state index in [9.17, 15) is 19.5 Å². The Hall–Kier alpha value is -4.24. The summed E-state index contributed by atoms with van der Waals surface area (Å²) in [6.45, 7) is 5.69. The molecule has 5 aromatic rings. The standard InChI is InChI=1S/C42H35Cl2IN4O6S/c1-18-6-8-22(15-28(18)44)48-38(51)24-10-9-23-26(34(24)40(48)53)16-27-39(52)49(41(54)42(27,3)35(23)20-12-29(45)36(50)31(13-20)55-5)33-17-30(46-47(33)4)37-19(2)25-14-21(43)7-11-32(25)56-37/h6-9,11-15,17,24,26-27,34-35,50H,10,16H2,1-5H3. The molecule has 6 atom stereocenters. The first-order chi connectivity index (χ1) is 26.6. The van der Waals surface area contributed by atoms with Crippen LogP contribution in [-0.4, -0.2) is 45.6 Å². The van der Waals surface area contributed by atoms with Gasteiger partial charge < -0.3 is 9.84 Å². The van der Waals surface area contributed by atoms with Crippen LogP contribution >= 0.6 is 57.1 Å². The summed E-state index contributed by atoms with van der Waals surface area (Å²) in [4.78, 5) is 62.2. The second-order valence-corrected chi connectivity index (χ2v) is 18.4. The first-order valence-corrected chi connectivity index (χ1v) is 20.8. The van der Waals surface area contributed by atoms with E-state index in [2.05, 4.69) is 0 Å². The Kier molecular flexibility index (Phi) is 8.77. The number of carbonyl (C=O) groups excluding carboxylic acids is 4. The third kappa shape index (κ3) is 5.21. The van der Waals surface area contributed by atoms with Gasteiger partial charge in [-0.25, -0.2) is 9.80 Å². The zero-order valence-corrected chi connectivity index (χ0v) is 35.4. The number of imide groups is 2. The molecule has 3 fully saturated rings. The molecule has 10 nitrogen and oxygen atoms in total. The predicted octanol–water partition coefficient (Wildman–Crippen LogP) is 8.98. The fourth-order valence-electron chi connectivity index (χ4n) is 9.72. The normalized spacial score (nSPS) is 25.9. The molecule has 1 saturated carbocycles. The van der Waals surface area contributed by atoms with Crippen LogP contribution in [-0.2, 0) is 26.2 Å². The number of aromatic nitrogens is 2. The van der Waals surface area contributed by atoms with E-state index >= 15 is 4.79 Å². The Balaban J connectivity index is 1.17. The highest BCUT2D eigenvalue weighted by Gasteiger charge is 2.68. The number of ether oxygens (including phenoxy) is 1. The van der Waals surface area contributed by atoms with E-state index in [0.29, 0.717) is 36.4 Å². The number of phenolic OH excluding ortho intramolecular Hbond substituents is 1. The number of carbonyl (C=O) groups is 4. The van der Waals surface area contributed by atoms with Gasteiger partial charge in [0, 0.05) is 33.8 Å². The largest absolute Gasteiger partial charge is 0.504 e. The van der Waals surface area contributed by atoms with Crippen molar-refractivity contribution in [2.24, 2.45) is 36.1 Å². The topological polar surface area (TPSA) is 122 Å². The summed E-state index contributed by atoms with van der Waals surface area (Å²) in [5.41, 5.74) is 3.03. The van der Waals surface area contributed by atoms with Crippen molar-refractivity contribution in [3.05, 3.63) is 96.6 Å². The average Bonchev–Trinajstić information content (AvgIpc) is 3.84. The zero-order chi connectivity index (χ0) is 39.7. The molecule has 14 heteroatoms. The van der Waals surface area contributed by atoms with Crippen LogP contribution in [0.15, 0.2) is 66.2 Å². The molecule has 2 aromatic heterocycles. The van der Waals surface area contributed by atoms with E-state index in [0.717, 1.165) is 31.7 Å². The molecule has 6 unspecified atom stereocenters. The van der Waals surface area contributed by atoms with E-state index in [1.165, 1.54) is 16.9 Å². The second kappa shape index (κ2) is 13.2. The van der Waals surface area contributed by atoms with Crippen LogP contribution in [0.25, 0.3) is 20.7 Å². The Morgan fingerprint density at radius 2 is 1.73 bits per heavy atom. The number of benzene rings is 3. The molecular weight excluding hydrogens is 886 g/mol. The third-order valence-electron chi connectivity index (χ3n) is 12.5. The summed E-state index contributed by atoms with van der Waals surface area (Å²) in [7, 11) is 3.18. The molecule has 0 radical (unpaired) electrons. The molecule has 3 aromatic carbocycles. The van der Waals surface area contributed by atoms with Crippen molar-refractivity contribution < 1.29 is 29.0 Å². The predicted molar refractivity (Wildman–Crippen MR) is 224 cm³/mol. The van der Waals surface area contributed by atoms with Gasteiger partial charge in [0.15, 0.2) is 11.5 Å². The summed E-state index contributed by atoms with van der Waals surface area (Å²) in [6, 6.07) is 16.2. The summed E-state index contributed by atoms with van der Waals surface area (Å²) < 4.78 is 8.70. The van der Waals surface area contributed by atoms with Crippen LogP contribution < -0.4 is 14.5 Å². The lowest BCUT2D eigenvalue weighted by atomic mass is 9.51. The molecule has 2 aliphatic heterocycles. The lowest BCUT2D eigenvalue weighted by Gasteiger charge is -2.49. The fraction of sp³-hybridized carbons (Fsp3) is 0.310. The number of nitrogens with zero attached hydrogens (tertiary/aromatic N) is 4. The van der Waals surface area contributed by atoms with E-state index in [1.54, 1.807) is 53.4 Å². The maximum absolute atomic E-state index is 15.2. The highest BCUT2D eigenvalue weighted by atomic mass is 127. The molecule has 4 aliphatic rings. The molecular formula is C42H35Cl2IN4O6S. The minimum absolute atomic E-state index is 0.0377. The minimum Gasteiger partial charge on any atom is -0.504 e. The number of hydrogen-bond acceptors (Lipinski definition) is 8. The summed E-state index contributed by atoms with van der Waals surface area (Å²) in [6.07, 6.45) is 2.48. The third-order valence-corrected chi connectivity index (χ3v) is 15.3. The highest BCUT2D eigenvalue weighted by molar-refractivity contribution is 14.1. The maximum atomic E-state index is 15.2. The van der Waals surface area contributed by atoms with E-state index < -0.39 is 40.9 Å². The molecule has 4 heterocycles. The molecule has 0 spiro atoms. The molecule has 286 valence electrons. The second-order valence-electron chi connectivity index (χ2n) is 15.4. The van der Waals surface area contributed by atoms with Gasteiger partial charge in [-0.2, -0.15) is 5.10 Å².